The van der Waals surface area contributed by atoms with Crippen molar-refractivity contribution < 1.29 is 67.7 Å². The Balaban J connectivity index is 3.85. The number of ether oxygens (including phenoxy) is 2. The minimum absolute atomic E-state index is 0.182. The van der Waals surface area contributed by atoms with Crippen LogP contribution in [0.2, 0.25) is 0 Å². The van der Waals surface area contributed by atoms with E-state index in [4.69, 9.17) is 5.11 Å². The van der Waals surface area contributed by atoms with Crippen LogP contribution in [0.3, 0.4) is 0 Å². The number of carbonyl (C=O) groups is 1. The summed E-state index contributed by atoms with van der Waals surface area (Å²) in [6.07, 6.45) is -26.0. The van der Waals surface area contributed by atoms with Gasteiger partial charge in [0.15, 0.2) is 0 Å². The van der Waals surface area contributed by atoms with E-state index in [2.05, 4.69) is 16.1 Å². The van der Waals surface area contributed by atoms with Crippen LogP contribution in [0.1, 0.15) is 0 Å². The van der Waals surface area contributed by atoms with E-state index in [-0.39, 0.29) is 6.08 Å². The number of esters is 1. The molecule has 1 N–H and O–H groups in total. The van der Waals surface area contributed by atoms with Crippen molar-refractivity contribution in [1.82, 2.24) is 0 Å². The van der Waals surface area contributed by atoms with Gasteiger partial charge >= 0.3 is 41.8 Å². The molecular formula is C10H5F11O4. The standard InChI is InChI=1S/C10H5F11O4/c1-2-3(22)24-4-5(8(13,14)15,9(16,17)18)25-7(23,6(4,11)12)10(19,20)21/h2,4,23H,1H2. The zero-order valence-corrected chi connectivity index (χ0v) is 11.2. The first-order valence-corrected chi connectivity index (χ1v) is 5.63. The van der Waals surface area contributed by atoms with Crippen LogP contribution in [0.4, 0.5) is 48.3 Å². The highest BCUT2D eigenvalue weighted by molar-refractivity contribution is 5.81. The number of halogens is 11. The molecule has 0 bridgehead atoms. The third-order valence-electron chi connectivity index (χ3n) is 3.09. The van der Waals surface area contributed by atoms with Gasteiger partial charge in [-0.2, -0.15) is 48.3 Å². The Bertz CT molecular complexity index is 547. The summed E-state index contributed by atoms with van der Waals surface area (Å²) >= 11 is 0. The molecular weight excluding hydrogens is 393 g/mol. The quantitative estimate of drug-likeness (QED) is 0.442. The van der Waals surface area contributed by atoms with Crippen molar-refractivity contribution in [3.63, 3.8) is 0 Å². The van der Waals surface area contributed by atoms with Crippen molar-refractivity contribution >= 4 is 5.97 Å². The smallest absolute Gasteiger partial charge is 0.449 e. The first kappa shape index (κ1) is 21.4. The Labute approximate surface area is 129 Å². The SMILES string of the molecule is C=CC(=O)OC1C(F)(F)C(O)(C(F)(F)F)OC1(C(F)(F)F)C(F)(F)F. The van der Waals surface area contributed by atoms with Crippen LogP contribution in [0, 0.1) is 0 Å². The van der Waals surface area contributed by atoms with Gasteiger partial charge in [0.2, 0.25) is 6.10 Å². The molecule has 146 valence electrons. The summed E-state index contributed by atoms with van der Waals surface area (Å²) in [6.45, 7) is 2.50. The summed E-state index contributed by atoms with van der Waals surface area (Å²) in [6, 6.07) is 0. The van der Waals surface area contributed by atoms with Crippen LogP contribution >= 0.6 is 0 Å². The second kappa shape index (κ2) is 5.43. The summed E-state index contributed by atoms with van der Waals surface area (Å²) in [5, 5.41) is 8.86. The summed E-state index contributed by atoms with van der Waals surface area (Å²) in [5.41, 5.74) is -6.37. The van der Waals surface area contributed by atoms with Crippen LogP contribution in [0.25, 0.3) is 0 Å². The van der Waals surface area contributed by atoms with Crippen molar-refractivity contribution in [3.8, 4) is 0 Å². The average Bonchev–Trinajstić information content (AvgIpc) is 2.56. The summed E-state index contributed by atoms with van der Waals surface area (Å²) < 4.78 is 149. The molecule has 0 aromatic heterocycles. The summed E-state index contributed by atoms with van der Waals surface area (Å²) in [4.78, 5) is 10.8. The van der Waals surface area contributed by atoms with E-state index < -0.39 is 47.9 Å². The number of rotatable bonds is 2. The normalized spacial score (nSPS) is 29.4. The first-order valence-electron chi connectivity index (χ1n) is 5.63. The number of aliphatic hydroxyl groups is 1. The van der Waals surface area contributed by atoms with Gasteiger partial charge in [0.1, 0.15) is 0 Å². The Morgan fingerprint density at radius 1 is 1.00 bits per heavy atom. The average molecular weight is 398 g/mol. The lowest BCUT2D eigenvalue weighted by Crippen LogP contribution is -2.66. The molecule has 0 radical (unpaired) electrons. The molecule has 1 aliphatic heterocycles. The minimum Gasteiger partial charge on any atom is -0.449 e. The molecule has 0 aliphatic carbocycles. The monoisotopic (exact) mass is 398 g/mol. The van der Waals surface area contributed by atoms with Crippen LogP contribution in [-0.4, -0.2) is 53.0 Å². The fourth-order valence-corrected chi connectivity index (χ4v) is 1.93. The van der Waals surface area contributed by atoms with E-state index in [9.17, 15) is 53.1 Å². The second-order valence-electron chi connectivity index (χ2n) is 4.62. The Morgan fingerprint density at radius 3 is 1.68 bits per heavy atom. The molecule has 0 spiro atoms. The molecule has 1 heterocycles. The molecule has 4 nitrogen and oxygen atoms in total. The van der Waals surface area contributed by atoms with Crippen molar-refractivity contribution in [3.05, 3.63) is 12.7 Å². The fourth-order valence-electron chi connectivity index (χ4n) is 1.93. The van der Waals surface area contributed by atoms with E-state index in [1.54, 1.807) is 0 Å². The van der Waals surface area contributed by atoms with E-state index in [1.807, 2.05) is 0 Å². The van der Waals surface area contributed by atoms with Gasteiger partial charge in [-0.25, -0.2) is 4.79 Å². The maximum absolute atomic E-state index is 13.8. The fraction of sp³-hybridized carbons (Fsp3) is 0.700. The van der Waals surface area contributed by atoms with Crippen molar-refractivity contribution in [2.75, 3.05) is 0 Å². The Hall–Kier alpha value is -1.64. The lowest BCUT2D eigenvalue weighted by Gasteiger charge is -2.36. The van der Waals surface area contributed by atoms with Gasteiger partial charge in [-0.15, -0.1) is 0 Å². The van der Waals surface area contributed by atoms with Crippen LogP contribution < -0.4 is 0 Å². The molecule has 1 fully saturated rings. The third-order valence-corrected chi connectivity index (χ3v) is 3.09. The lowest BCUT2D eigenvalue weighted by atomic mass is 9.91. The molecule has 0 saturated carbocycles. The van der Waals surface area contributed by atoms with Gasteiger partial charge in [0.05, 0.1) is 0 Å². The highest BCUT2D eigenvalue weighted by Gasteiger charge is 2.95. The van der Waals surface area contributed by atoms with Gasteiger partial charge in [0.25, 0.3) is 0 Å². The summed E-state index contributed by atoms with van der Waals surface area (Å²) in [7, 11) is 0. The number of carbonyl (C=O) groups excluding carboxylic acids is 1. The molecule has 2 atom stereocenters. The lowest BCUT2D eigenvalue weighted by molar-refractivity contribution is -0.457. The molecule has 25 heavy (non-hydrogen) atoms. The molecule has 0 aromatic rings. The Morgan fingerprint density at radius 2 is 1.40 bits per heavy atom. The van der Waals surface area contributed by atoms with E-state index in [1.165, 1.54) is 0 Å². The van der Waals surface area contributed by atoms with Crippen LogP contribution in [0.15, 0.2) is 12.7 Å². The topological polar surface area (TPSA) is 55.8 Å². The predicted molar refractivity (Wildman–Crippen MR) is 52.0 cm³/mol. The van der Waals surface area contributed by atoms with Gasteiger partial charge in [0, 0.05) is 6.08 Å². The third kappa shape index (κ3) is 2.72. The first-order chi connectivity index (χ1) is 10.8. The van der Waals surface area contributed by atoms with Gasteiger partial charge in [-0.3, -0.25) is 0 Å². The molecule has 2 unspecified atom stereocenters. The van der Waals surface area contributed by atoms with E-state index in [0.29, 0.717) is 0 Å². The van der Waals surface area contributed by atoms with E-state index in [0.717, 1.165) is 0 Å². The molecule has 1 rings (SSSR count). The van der Waals surface area contributed by atoms with Crippen molar-refractivity contribution in [1.29, 1.82) is 0 Å². The Kier molecular flexibility index (Phi) is 4.65. The number of alkyl halides is 11. The molecule has 15 heteroatoms. The predicted octanol–water partition coefficient (Wildman–Crippen LogP) is 2.86. The highest BCUT2D eigenvalue weighted by Crippen LogP contribution is 2.64. The maximum Gasteiger partial charge on any atom is 0.449 e. The zero-order valence-electron chi connectivity index (χ0n) is 11.2. The highest BCUT2D eigenvalue weighted by atomic mass is 19.4. The van der Waals surface area contributed by atoms with Crippen LogP contribution in [0.5, 0.6) is 0 Å². The second-order valence-corrected chi connectivity index (χ2v) is 4.62. The largest absolute Gasteiger partial charge is 0.449 e. The van der Waals surface area contributed by atoms with Crippen molar-refractivity contribution in [2.45, 2.75) is 41.9 Å². The zero-order chi connectivity index (χ0) is 20.3. The van der Waals surface area contributed by atoms with Crippen molar-refractivity contribution in [2.24, 2.45) is 0 Å². The van der Waals surface area contributed by atoms with Gasteiger partial charge < -0.3 is 14.6 Å². The molecule has 0 amide bonds. The number of hydrogen-bond donors (Lipinski definition) is 1. The minimum atomic E-state index is -7.00. The maximum atomic E-state index is 13.8. The van der Waals surface area contributed by atoms with Gasteiger partial charge in [-0.1, -0.05) is 6.58 Å². The van der Waals surface area contributed by atoms with Crippen LogP contribution in [-0.2, 0) is 14.3 Å². The molecule has 0 aromatic carbocycles. The number of hydrogen-bond acceptors (Lipinski definition) is 4. The van der Waals surface area contributed by atoms with E-state index >= 15 is 0 Å². The van der Waals surface area contributed by atoms with Gasteiger partial charge in [-0.05, 0) is 0 Å². The summed E-state index contributed by atoms with van der Waals surface area (Å²) in [5.74, 6) is -15.0. The molecule has 1 saturated heterocycles. The molecule has 1 aliphatic rings.